The van der Waals surface area contributed by atoms with Crippen LogP contribution in [0.5, 0.6) is 0 Å². The Morgan fingerprint density at radius 1 is 0.329 bits per heavy atom. The number of hydrogen-bond donors (Lipinski definition) is 3. The molecule has 0 fully saturated rings. The first-order chi connectivity index (χ1) is 36.2. The monoisotopic (exact) mass is 1030 g/mol. The SMILES string of the molecule is CCCCCCCCCCCCCCC/C=C\C/C=C\CCCCCCCCCCCCCCCCCCCC(=O)NC(CO)C(O)CCCCCCCCCCCCCCCCCCCCCCCCCC. The van der Waals surface area contributed by atoms with Crippen LogP contribution >= 0.6 is 0 Å². The maximum atomic E-state index is 12.5. The zero-order chi connectivity index (χ0) is 52.7. The van der Waals surface area contributed by atoms with Crippen LogP contribution < -0.4 is 5.32 Å². The van der Waals surface area contributed by atoms with E-state index in [1.807, 2.05) is 0 Å². The number of aliphatic hydroxyl groups excluding tert-OH is 2. The molecule has 3 N–H and O–H groups in total. The third-order valence-electron chi connectivity index (χ3n) is 16.2. The molecule has 0 heterocycles. The van der Waals surface area contributed by atoms with Crippen LogP contribution in [-0.2, 0) is 4.79 Å². The molecule has 0 aliphatic heterocycles. The van der Waals surface area contributed by atoms with Crippen molar-refractivity contribution in [2.24, 2.45) is 0 Å². The second-order valence-corrected chi connectivity index (χ2v) is 23.6. The number of amides is 1. The lowest BCUT2D eigenvalue weighted by atomic mass is 10.0. The number of aliphatic hydroxyl groups is 2. The van der Waals surface area contributed by atoms with E-state index in [-0.39, 0.29) is 12.5 Å². The van der Waals surface area contributed by atoms with Gasteiger partial charge in [-0.15, -0.1) is 0 Å². The van der Waals surface area contributed by atoms with E-state index >= 15 is 0 Å². The summed E-state index contributed by atoms with van der Waals surface area (Å²) in [6.45, 7) is 4.41. The summed E-state index contributed by atoms with van der Waals surface area (Å²) in [5, 5.41) is 23.4. The maximum absolute atomic E-state index is 12.5. The minimum atomic E-state index is -0.659. The molecule has 0 aromatic rings. The van der Waals surface area contributed by atoms with Crippen molar-refractivity contribution < 1.29 is 15.0 Å². The first-order valence-corrected chi connectivity index (χ1v) is 34.0. The molecule has 0 aromatic carbocycles. The third kappa shape index (κ3) is 61.6. The van der Waals surface area contributed by atoms with Gasteiger partial charge in [0, 0.05) is 6.42 Å². The first-order valence-electron chi connectivity index (χ1n) is 34.0. The topological polar surface area (TPSA) is 69.6 Å². The number of carbonyl (C=O) groups excluding carboxylic acids is 1. The number of allylic oxidation sites excluding steroid dienone is 4. The van der Waals surface area contributed by atoms with Gasteiger partial charge < -0.3 is 15.5 Å². The Hall–Kier alpha value is -1.13. The van der Waals surface area contributed by atoms with Gasteiger partial charge >= 0.3 is 0 Å². The Morgan fingerprint density at radius 3 is 0.822 bits per heavy atom. The van der Waals surface area contributed by atoms with Crippen LogP contribution in [-0.4, -0.2) is 34.9 Å². The van der Waals surface area contributed by atoms with Gasteiger partial charge in [0.05, 0.1) is 18.8 Å². The molecule has 4 heteroatoms. The Balaban J connectivity index is 3.39. The maximum Gasteiger partial charge on any atom is 0.220 e. The molecule has 2 unspecified atom stereocenters. The van der Waals surface area contributed by atoms with E-state index in [1.165, 1.54) is 334 Å². The second-order valence-electron chi connectivity index (χ2n) is 23.6. The number of rotatable bonds is 64. The summed E-state index contributed by atoms with van der Waals surface area (Å²) >= 11 is 0. The Morgan fingerprint density at radius 2 is 0.562 bits per heavy atom. The van der Waals surface area contributed by atoms with Crippen LogP contribution in [0.2, 0.25) is 0 Å². The average Bonchev–Trinajstić information content (AvgIpc) is 3.40. The lowest BCUT2D eigenvalue weighted by Gasteiger charge is -2.22. The number of hydrogen-bond acceptors (Lipinski definition) is 3. The van der Waals surface area contributed by atoms with Crippen LogP contribution in [0.25, 0.3) is 0 Å². The molecule has 0 aliphatic carbocycles. The summed E-state index contributed by atoms with van der Waals surface area (Å²) in [7, 11) is 0. The summed E-state index contributed by atoms with van der Waals surface area (Å²) in [6, 6.07) is -0.536. The van der Waals surface area contributed by atoms with Crippen LogP contribution in [0.4, 0.5) is 0 Å². The van der Waals surface area contributed by atoms with Crippen LogP contribution in [0.15, 0.2) is 24.3 Å². The number of nitrogens with one attached hydrogen (secondary N) is 1. The molecule has 0 saturated carbocycles. The Bertz CT molecular complexity index is 1070. The van der Waals surface area contributed by atoms with Crippen LogP contribution in [0.3, 0.4) is 0 Å². The summed E-state index contributed by atoms with van der Waals surface area (Å²) in [6.07, 6.45) is 88.0. The lowest BCUT2D eigenvalue weighted by molar-refractivity contribution is -0.123. The zero-order valence-corrected chi connectivity index (χ0v) is 50.2. The molecular formula is C69H135NO3. The van der Waals surface area contributed by atoms with Crippen LogP contribution in [0.1, 0.15) is 393 Å². The van der Waals surface area contributed by atoms with E-state index in [0.29, 0.717) is 12.8 Å². The van der Waals surface area contributed by atoms with E-state index in [0.717, 1.165) is 32.1 Å². The summed E-state index contributed by atoms with van der Waals surface area (Å²) in [5.74, 6) is -0.0233. The number of unbranched alkanes of at least 4 members (excludes halogenated alkanes) is 53. The lowest BCUT2D eigenvalue weighted by Crippen LogP contribution is -2.45. The molecule has 0 bridgehead atoms. The fraction of sp³-hybridized carbons (Fsp3) is 0.928. The van der Waals surface area contributed by atoms with Gasteiger partial charge in [-0.1, -0.05) is 366 Å². The van der Waals surface area contributed by atoms with Crippen molar-refractivity contribution in [3.05, 3.63) is 24.3 Å². The number of carbonyl (C=O) groups is 1. The van der Waals surface area contributed by atoms with Crippen LogP contribution in [0, 0.1) is 0 Å². The van der Waals surface area contributed by atoms with Gasteiger partial charge in [-0.2, -0.15) is 0 Å². The van der Waals surface area contributed by atoms with Gasteiger partial charge in [-0.05, 0) is 44.9 Å². The summed E-state index contributed by atoms with van der Waals surface area (Å²) in [5.41, 5.74) is 0. The van der Waals surface area contributed by atoms with Crippen molar-refractivity contribution in [2.45, 2.75) is 405 Å². The third-order valence-corrected chi connectivity index (χ3v) is 16.2. The van der Waals surface area contributed by atoms with Crippen molar-refractivity contribution in [1.82, 2.24) is 5.32 Å². The van der Waals surface area contributed by atoms with Crippen molar-refractivity contribution >= 4 is 5.91 Å². The molecule has 0 saturated heterocycles. The van der Waals surface area contributed by atoms with Gasteiger partial charge in [0.2, 0.25) is 5.91 Å². The van der Waals surface area contributed by atoms with E-state index in [4.69, 9.17) is 0 Å². The van der Waals surface area contributed by atoms with E-state index < -0.39 is 12.1 Å². The molecule has 0 aliphatic rings. The highest BCUT2D eigenvalue weighted by Gasteiger charge is 2.20. The van der Waals surface area contributed by atoms with Crippen molar-refractivity contribution in [2.75, 3.05) is 6.61 Å². The van der Waals surface area contributed by atoms with Gasteiger partial charge in [-0.25, -0.2) is 0 Å². The molecule has 73 heavy (non-hydrogen) atoms. The standard InChI is InChI=1S/C69H135NO3/c1-3-5-7-9-11-13-15-17-19-21-23-25-27-29-30-31-32-33-34-35-36-37-38-39-40-41-43-45-47-49-51-53-55-57-59-61-63-65-69(73)70-67(66-71)68(72)64-62-60-58-56-54-52-50-48-46-44-42-28-26-24-22-20-18-16-14-12-10-8-6-4-2/h30-31,33-34,67-68,71-72H,3-29,32,35-66H2,1-2H3,(H,70,73)/b31-30-,34-33-. The Kier molecular flexibility index (Phi) is 64.1. The summed E-state index contributed by atoms with van der Waals surface area (Å²) < 4.78 is 0. The van der Waals surface area contributed by atoms with E-state index in [1.54, 1.807) is 0 Å². The van der Waals surface area contributed by atoms with Gasteiger partial charge in [0.1, 0.15) is 0 Å². The molecule has 2 atom stereocenters. The molecule has 0 radical (unpaired) electrons. The van der Waals surface area contributed by atoms with E-state index in [9.17, 15) is 15.0 Å². The first kappa shape index (κ1) is 71.9. The summed E-state index contributed by atoms with van der Waals surface area (Å²) in [4.78, 5) is 12.5. The highest BCUT2D eigenvalue weighted by atomic mass is 16.3. The molecule has 0 spiro atoms. The van der Waals surface area contributed by atoms with Crippen molar-refractivity contribution in [3.8, 4) is 0 Å². The minimum absolute atomic E-state index is 0.0233. The second kappa shape index (κ2) is 65.2. The van der Waals surface area contributed by atoms with Crippen molar-refractivity contribution in [1.29, 1.82) is 0 Å². The van der Waals surface area contributed by atoms with Gasteiger partial charge in [-0.3, -0.25) is 4.79 Å². The van der Waals surface area contributed by atoms with E-state index in [2.05, 4.69) is 43.5 Å². The predicted octanol–water partition coefficient (Wildman–Crippen LogP) is 23.0. The highest BCUT2D eigenvalue weighted by Crippen LogP contribution is 2.19. The molecule has 0 rings (SSSR count). The zero-order valence-electron chi connectivity index (χ0n) is 50.2. The largest absolute Gasteiger partial charge is 0.394 e. The molecular weight excluding hydrogens is 891 g/mol. The van der Waals surface area contributed by atoms with Crippen molar-refractivity contribution in [3.63, 3.8) is 0 Å². The molecule has 4 nitrogen and oxygen atoms in total. The molecule has 0 aromatic heterocycles. The quantitative estimate of drug-likeness (QED) is 0.0420. The molecule has 434 valence electrons. The van der Waals surface area contributed by atoms with Gasteiger partial charge in [0.15, 0.2) is 0 Å². The predicted molar refractivity (Wildman–Crippen MR) is 327 cm³/mol. The average molecular weight is 1030 g/mol. The smallest absolute Gasteiger partial charge is 0.220 e. The Labute approximate surface area is 459 Å². The molecule has 1 amide bonds. The van der Waals surface area contributed by atoms with Gasteiger partial charge in [0.25, 0.3) is 0 Å². The highest BCUT2D eigenvalue weighted by molar-refractivity contribution is 5.76. The fourth-order valence-corrected chi connectivity index (χ4v) is 11.0. The minimum Gasteiger partial charge on any atom is -0.394 e. The fourth-order valence-electron chi connectivity index (χ4n) is 11.0. The normalized spacial score (nSPS) is 12.8.